The van der Waals surface area contributed by atoms with Crippen LogP contribution in [0.4, 0.5) is 11.4 Å². The number of hydrogen-bond acceptors (Lipinski definition) is 10. The Kier molecular flexibility index (Phi) is 13.5. The number of thioether (sulfide) groups is 1. The number of hydrogen-bond donors (Lipinski definition) is 3. The Balaban J connectivity index is 0.000000501. The normalized spacial score (nSPS) is 11.1. The summed E-state index contributed by atoms with van der Waals surface area (Å²) >= 11 is 3.14. The number of aliphatic carboxylic acids is 1. The van der Waals surface area contributed by atoms with Crippen molar-refractivity contribution in [3.8, 4) is 0 Å². The van der Waals surface area contributed by atoms with E-state index in [2.05, 4.69) is 12.2 Å². The van der Waals surface area contributed by atoms with Gasteiger partial charge in [0.1, 0.15) is 11.4 Å². The van der Waals surface area contributed by atoms with Crippen LogP contribution in [0.15, 0.2) is 9.59 Å². The van der Waals surface area contributed by atoms with Crippen molar-refractivity contribution in [1.29, 1.82) is 0 Å². The molecule has 12 heteroatoms. The fraction of sp³-hybridized carbons (Fsp3) is 0.667. The van der Waals surface area contributed by atoms with Gasteiger partial charge in [0.2, 0.25) is 0 Å². The molecule has 0 bridgehead atoms. The molecule has 0 fully saturated rings. The first kappa shape index (κ1) is 26.0. The van der Waals surface area contributed by atoms with Crippen LogP contribution in [0.1, 0.15) is 27.2 Å². The fourth-order valence-electron chi connectivity index (χ4n) is 1.66. The van der Waals surface area contributed by atoms with Crippen LogP contribution in [0, 0.1) is 0 Å². The van der Waals surface area contributed by atoms with Crippen molar-refractivity contribution < 1.29 is 23.5 Å². The molecular weight excluding hydrogens is 415 g/mol. The molecule has 0 aliphatic heterocycles. The molecule has 0 aliphatic rings. The number of nitrogens with two attached hydrogens (primary N) is 1. The lowest BCUT2D eigenvalue weighted by atomic mass is 10.2. The lowest BCUT2D eigenvalue weighted by Crippen LogP contribution is -2.37. The first-order valence-electron chi connectivity index (χ1n) is 8.38. The van der Waals surface area contributed by atoms with E-state index in [1.807, 2.05) is 25.6 Å². The van der Waals surface area contributed by atoms with Crippen molar-refractivity contribution in [1.82, 2.24) is 0 Å². The lowest BCUT2D eigenvalue weighted by molar-refractivity contribution is -0.136. The van der Waals surface area contributed by atoms with Gasteiger partial charge in [-0.05, 0) is 31.0 Å². The van der Waals surface area contributed by atoms with Gasteiger partial charge >= 0.3 is 12.8 Å². The minimum absolute atomic E-state index is 0.0336. The van der Waals surface area contributed by atoms with Crippen LogP contribution in [0.3, 0.4) is 0 Å². The standard InChI is InChI=1S/C8H19O3PS2.C7H8N2O4/c1-4-10-12(9,11-5-2)14-8-7-13-6-3;8-4-5(7(13)6(4)12)9-2-1-3(10)11/h4-8H2,1-3H3;9H,1-2,8H2,(H,10,11). The Hall–Kier alpha value is -1.00. The maximum Gasteiger partial charge on any atom is 0.389 e. The van der Waals surface area contributed by atoms with Crippen molar-refractivity contribution in [2.75, 3.05) is 48.1 Å². The first-order valence-corrected chi connectivity index (χ1v) is 12.7. The van der Waals surface area contributed by atoms with Crippen LogP contribution in [0.5, 0.6) is 0 Å². The molecule has 27 heavy (non-hydrogen) atoms. The molecule has 0 heterocycles. The summed E-state index contributed by atoms with van der Waals surface area (Å²) in [6.45, 7) is 3.87. The topological polar surface area (TPSA) is 145 Å². The number of rotatable bonds is 13. The van der Waals surface area contributed by atoms with Gasteiger partial charge < -0.3 is 25.2 Å². The Morgan fingerprint density at radius 1 is 1.15 bits per heavy atom. The molecule has 0 aliphatic carbocycles. The summed E-state index contributed by atoms with van der Waals surface area (Å²) in [7, 11) is 0. The Labute approximate surface area is 166 Å². The second kappa shape index (κ2) is 14.1. The van der Waals surface area contributed by atoms with Gasteiger partial charge in [-0.2, -0.15) is 11.8 Å². The first-order chi connectivity index (χ1) is 12.7. The van der Waals surface area contributed by atoms with Gasteiger partial charge in [-0.3, -0.25) is 14.4 Å². The second-order valence-electron chi connectivity index (χ2n) is 4.83. The Bertz CT molecular complexity index is 682. The molecule has 156 valence electrons. The summed E-state index contributed by atoms with van der Waals surface area (Å²) in [5.74, 6) is 1.92. The largest absolute Gasteiger partial charge is 0.481 e. The number of carboxylic acids is 1. The minimum atomic E-state index is -2.86. The monoisotopic (exact) mass is 442 g/mol. The van der Waals surface area contributed by atoms with E-state index in [-0.39, 0.29) is 24.3 Å². The third-order valence-electron chi connectivity index (χ3n) is 2.84. The highest BCUT2D eigenvalue weighted by Gasteiger charge is 2.23. The Morgan fingerprint density at radius 3 is 2.19 bits per heavy atom. The molecule has 1 aromatic carbocycles. The predicted molar refractivity (Wildman–Crippen MR) is 113 cm³/mol. The highest BCUT2D eigenvalue weighted by atomic mass is 32.7. The third-order valence-corrected chi connectivity index (χ3v) is 7.98. The van der Waals surface area contributed by atoms with Gasteiger partial charge in [0.25, 0.3) is 10.9 Å². The van der Waals surface area contributed by atoms with Crippen molar-refractivity contribution in [3.05, 3.63) is 20.4 Å². The smallest absolute Gasteiger partial charge is 0.389 e. The Morgan fingerprint density at radius 2 is 1.74 bits per heavy atom. The maximum absolute atomic E-state index is 11.9. The van der Waals surface area contributed by atoms with Crippen LogP contribution in [-0.4, -0.2) is 48.1 Å². The molecule has 0 unspecified atom stereocenters. The molecule has 0 saturated carbocycles. The lowest BCUT2D eigenvalue weighted by Gasteiger charge is -2.15. The summed E-state index contributed by atoms with van der Waals surface area (Å²) in [5, 5.41) is 10.7. The molecule has 4 N–H and O–H groups in total. The third kappa shape index (κ3) is 10.2. The van der Waals surface area contributed by atoms with Gasteiger partial charge in [0.05, 0.1) is 19.6 Å². The van der Waals surface area contributed by atoms with E-state index in [0.29, 0.717) is 13.2 Å². The van der Waals surface area contributed by atoms with Gasteiger partial charge in [-0.25, -0.2) is 4.57 Å². The molecule has 1 aromatic rings. The van der Waals surface area contributed by atoms with Crippen molar-refractivity contribution in [2.45, 2.75) is 27.2 Å². The summed E-state index contributed by atoms with van der Waals surface area (Å²) < 4.78 is 22.2. The van der Waals surface area contributed by atoms with Crippen LogP contribution >= 0.6 is 29.9 Å². The zero-order valence-corrected chi connectivity index (χ0v) is 18.2. The molecular formula is C15H27N2O7PS2. The van der Waals surface area contributed by atoms with E-state index in [4.69, 9.17) is 19.9 Å². The average Bonchev–Trinajstić information content (AvgIpc) is 2.62. The molecule has 0 aromatic heterocycles. The fourth-order valence-corrected chi connectivity index (χ4v) is 6.22. The highest BCUT2D eigenvalue weighted by molar-refractivity contribution is 8.55. The zero-order valence-electron chi connectivity index (χ0n) is 15.7. The van der Waals surface area contributed by atoms with Crippen molar-refractivity contribution >= 4 is 47.3 Å². The van der Waals surface area contributed by atoms with Crippen LogP contribution < -0.4 is 21.9 Å². The summed E-state index contributed by atoms with van der Waals surface area (Å²) in [4.78, 5) is 31.4. The molecule has 0 radical (unpaired) electrons. The van der Waals surface area contributed by atoms with Crippen LogP contribution in [-0.2, 0) is 18.4 Å². The molecule has 0 amide bonds. The molecule has 0 atom stereocenters. The molecule has 9 nitrogen and oxygen atoms in total. The van der Waals surface area contributed by atoms with E-state index in [9.17, 15) is 18.9 Å². The van der Waals surface area contributed by atoms with Gasteiger partial charge in [0.15, 0.2) is 0 Å². The SMILES string of the molecule is CCOP(=O)(OCC)SCCSCC.Nc1c(NCCC(=O)O)c(=O)c1=O. The van der Waals surface area contributed by atoms with Gasteiger partial charge in [-0.1, -0.05) is 6.92 Å². The summed E-state index contributed by atoms with van der Waals surface area (Å²) in [6.07, 6.45) is -0.127. The summed E-state index contributed by atoms with van der Waals surface area (Å²) in [6, 6.07) is 0. The number of anilines is 2. The van der Waals surface area contributed by atoms with Gasteiger partial charge in [-0.15, -0.1) is 0 Å². The molecule has 0 spiro atoms. The molecule has 1 rings (SSSR count). The van der Waals surface area contributed by atoms with E-state index in [1.54, 1.807) is 0 Å². The number of carboxylic acid groups (broad SMARTS) is 1. The number of nitrogens with one attached hydrogen (secondary N) is 1. The quantitative estimate of drug-likeness (QED) is 0.235. The highest BCUT2D eigenvalue weighted by Crippen LogP contribution is 2.60. The van der Waals surface area contributed by atoms with Crippen molar-refractivity contribution in [3.63, 3.8) is 0 Å². The van der Waals surface area contributed by atoms with Crippen molar-refractivity contribution in [2.24, 2.45) is 0 Å². The van der Waals surface area contributed by atoms with Crippen LogP contribution in [0.2, 0.25) is 0 Å². The number of nitrogen functional groups attached to an aromatic ring is 1. The summed E-state index contributed by atoms with van der Waals surface area (Å²) in [5.41, 5.74) is 3.70. The van der Waals surface area contributed by atoms with E-state index in [1.165, 1.54) is 11.4 Å². The van der Waals surface area contributed by atoms with Crippen LogP contribution in [0.25, 0.3) is 0 Å². The predicted octanol–water partition coefficient (Wildman–Crippen LogP) is 2.41. The van der Waals surface area contributed by atoms with E-state index >= 15 is 0 Å². The zero-order chi connectivity index (χ0) is 20.9. The molecule has 0 saturated heterocycles. The minimum Gasteiger partial charge on any atom is -0.481 e. The second-order valence-corrected chi connectivity index (χ2v) is 10.4. The van der Waals surface area contributed by atoms with Gasteiger partial charge in [0, 0.05) is 18.1 Å². The van der Waals surface area contributed by atoms with E-state index < -0.39 is 23.6 Å². The number of carbonyl (C=O) groups is 1. The average molecular weight is 442 g/mol. The van der Waals surface area contributed by atoms with E-state index in [0.717, 1.165) is 17.3 Å². The maximum atomic E-state index is 11.9.